The molecule has 2 amide bonds. The summed E-state index contributed by atoms with van der Waals surface area (Å²) in [6, 6.07) is 5.73. The number of hydrogen-bond acceptors (Lipinski definition) is 6. The summed E-state index contributed by atoms with van der Waals surface area (Å²) in [6.07, 6.45) is 5.51. The van der Waals surface area contributed by atoms with E-state index < -0.39 is 21.6 Å². The van der Waals surface area contributed by atoms with Crippen LogP contribution in [0.4, 0.5) is 10.5 Å². The van der Waals surface area contributed by atoms with Crippen molar-refractivity contribution >= 4 is 21.7 Å². The van der Waals surface area contributed by atoms with E-state index >= 15 is 0 Å². The molecule has 0 bridgehead atoms. The molecule has 0 atom stereocenters. The number of aromatic nitrogens is 2. The van der Waals surface area contributed by atoms with Crippen LogP contribution < -0.4 is 10.6 Å². The number of anilines is 1. The SMILES string of the molecule is Cc1nc(C2(NC(=O)Nc3cccc(S(=O)(=O)N(C)C)c3)CCCCCC2)no1. The van der Waals surface area contributed by atoms with Gasteiger partial charge in [0.1, 0.15) is 5.54 Å². The van der Waals surface area contributed by atoms with Crippen LogP contribution in [-0.4, -0.2) is 43.0 Å². The molecule has 1 heterocycles. The van der Waals surface area contributed by atoms with E-state index in [1.807, 2.05) is 0 Å². The largest absolute Gasteiger partial charge is 0.340 e. The number of carbonyl (C=O) groups excluding carboxylic acids is 1. The minimum Gasteiger partial charge on any atom is -0.340 e. The number of sulfonamides is 1. The number of aryl methyl sites for hydroxylation is 1. The molecule has 1 aromatic heterocycles. The monoisotopic (exact) mass is 421 g/mol. The van der Waals surface area contributed by atoms with E-state index in [4.69, 9.17) is 4.52 Å². The lowest BCUT2D eigenvalue weighted by Gasteiger charge is -2.30. The summed E-state index contributed by atoms with van der Waals surface area (Å²) in [5, 5.41) is 9.85. The molecule has 0 spiro atoms. The Hall–Kier alpha value is -2.46. The quantitative estimate of drug-likeness (QED) is 0.717. The Morgan fingerprint density at radius 2 is 1.86 bits per heavy atom. The molecule has 0 unspecified atom stereocenters. The van der Waals surface area contributed by atoms with E-state index in [-0.39, 0.29) is 4.90 Å². The minimum atomic E-state index is -3.59. The lowest BCUT2D eigenvalue weighted by Crippen LogP contribution is -2.48. The zero-order chi connectivity index (χ0) is 21.1. The zero-order valence-electron chi connectivity index (χ0n) is 16.9. The lowest BCUT2D eigenvalue weighted by molar-refractivity contribution is 0.222. The van der Waals surface area contributed by atoms with Gasteiger partial charge in [-0.3, -0.25) is 0 Å². The number of amides is 2. The molecule has 0 saturated heterocycles. The van der Waals surface area contributed by atoms with Crippen molar-refractivity contribution in [2.45, 2.75) is 55.9 Å². The highest BCUT2D eigenvalue weighted by molar-refractivity contribution is 7.89. The first-order valence-electron chi connectivity index (χ1n) is 9.65. The van der Waals surface area contributed by atoms with Crippen molar-refractivity contribution in [1.29, 1.82) is 0 Å². The Labute approximate surface area is 170 Å². The predicted octanol–water partition coefficient (Wildman–Crippen LogP) is 3.00. The highest BCUT2D eigenvalue weighted by atomic mass is 32.2. The third kappa shape index (κ3) is 4.76. The summed E-state index contributed by atoms with van der Waals surface area (Å²) in [5.41, 5.74) is -0.315. The molecule has 0 aliphatic heterocycles. The maximum atomic E-state index is 12.8. The molecular formula is C19H27N5O4S. The molecule has 1 saturated carbocycles. The van der Waals surface area contributed by atoms with Gasteiger partial charge in [-0.25, -0.2) is 17.5 Å². The van der Waals surface area contributed by atoms with Crippen molar-refractivity contribution in [3.8, 4) is 0 Å². The van der Waals surface area contributed by atoms with Gasteiger partial charge in [0, 0.05) is 26.7 Å². The molecule has 10 heteroatoms. The molecule has 0 radical (unpaired) electrons. The van der Waals surface area contributed by atoms with E-state index in [2.05, 4.69) is 20.8 Å². The summed E-state index contributed by atoms with van der Waals surface area (Å²) in [5.74, 6) is 0.934. The molecule has 1 aromatic carbocycles. The second-order valence-electron chi connectivity index (χ2n) is 7.53. The Morgan fingerprint density at radius 3 is 2.45 bits per heavy atom. The van der Waals surface area contributed by atoms with Gasteiger partial charge in [-0.1, -0.05) is 36.9 Å². The summed E-state index contributed by atoms with van der Waals surface area (Å²) in [7, 11) is -0.664. The molecule has 158 valence electrons. The fraction of sp³-hybridized carbons (Fsp3) is 0.526. The maximum Gasteiger partial charge on any atom is 0.320 e. The zero-order valence-corrected chi connectivity index (χ0v) is 17.8. The second-order valence-corrected chi connectivity index (χ2v) is 9.68. The van der Waals surface area contributed by atoms with Crippen molar-refractivity contribution in [1.82, 2.24) is 19.8 Å². The Morgan fingerprint density at radius 1 is 1.17 bits per heavy atom. The summed E-state index contributed by atoms with van der Waals surface area (Å²) >= 11 is 0. The van der Waals surface area contributed by atoms with Gasteiger partial charge in [0.05, 0.1) is 4.90 Å². The van der Waals surface area contributed by atoms with E-state index in [1.54, 1.807) is 19.1 Å². The first-order valence-corrected chi connectivity index (χ1v) is 11.1. The van der Waals surface area contributed by atoms with Gasteiger partial charge in [-0.05, 0) is 31.0 Å². The van der Waals surface area contributed by atoms with Crippen LogP contribution in [-0.2, 0) is 15.6 Å². The van der Waals surface area contributed by atoms with Crippen LogP contribution >= 0.6 is 0 Å². The fourth-order valence-corrected chi connectivity index (χ4v) is 4.50. The van der Waals surface area contributed by atoms with Gasteiger partial charge >= 0.3 is 6.03 Å². The second kappa shape index (κ2) is 8.50. The lowest BCUT2D eigenvalue weighted by atomic mass is 9.89. The molecule has 2 N–H and O–H groups in total. The van der Waals surface area contributed by atoms with Gasteiger partial charge in [0.15, 0.2) is 5.82 Å². The van der Waals surface area contributed by atoms with Crippen molar-refractivity contribution < 1.29 is 17.7 Å². The van der Waals surface area contributed by atoms with E-state index in [0.717, 1.165) is 30.0 Å². The Balaban J connectivity index is 1.81. The summed E-state index contributed by atoms with van der Waals surface area (Å²) < 4.78 is 31.0. The normalized spacial score (nSPS) is 17.0. The predicted molar refractivity (Wildman–Crippen MR) is 108 cm³/mol. The number of rotatable bonds is 5. The van der Waals surface area contributed by atoms with Crippen molar-refractivity contribution in [3.63, 3.8) is 0 Å². The van der Waals surface area contributed by atoms with Gasteiger partial charge in [0.25, 0.3) is 0 Å². The van der Waals surface area contributed by atoms with Gasteiger partial charge in [-0.15, -0.1) is 0 Å². The molecule has 1 aliphatic rings. The summed E-state index contributed by atoms with van der Waals surface area (Å²) in [4.78, 5) is 17.3. The first-order chi connectivity index (χ1) is 13.7. The van der Waals surface area contributed by atoms with Crippen LogP contribution in [0.3, 0.4) is 0 Å². The number of urea groups is 1. The summed E-state index contributed by atoms with van der Waals surface area (Å²) in [6.45, 7) is 1.72. The first kappa shape index (κ1) is 21.3. The van der Waals surface area contributed by atoms with Crippen molar-refractivity contribution in [2.75, 3.05) is 19.4 Å². The van der Waals surface area contributed by atoms with Gasteiger partial charge < -0.3 is 15.2 Å². The third-order valence-corrected chi connectivity index (χ3v) is 6.95. The average Bonchev–Trinajstić information content (AvgIpc) is 2.97. The van der Waals surface area contributed by atoms with Crippen LogP contribution in [0.2, 0.25) is 0 Å². The molecule has 1 fully saturated rings. The number of hydrogen-bond donors (Lipinski definition) is 2. The average molecular weight is 422 g/mol. The van der Waals surface area contributed by atoms with Gasteiger partial charge in [0.2, 0.25) is 15.9 Å². The number of carbonyl (C=O) groups is 1. The molecule has 3 rings (SSSR count). The smallest absolute Gasteiger partial charge is 0.320 e. The molecular weight excluding hydrogens is 394 g/mol. The minimum absolute atomic E-state index is 0.110. The molecule has 1 aliphatic carbocycles. The fourth-order valence-electron chi connectivity index (χ4n) is 3.56. The highest BCUT2D eigenvalue weighted by Crippen LogP contribution is 2.34. The molecule has 2 aromatic rings. The van der Waals surface area contributed by atoms with E-state index in [1.165, 1.54) is 26.2 Å². The van der Waals surface area contributed by atoms with Crippen LogP contribution in [0.15, 0.2) is 33.7 Å². The van der Waals surface area contributed by atoms with E-state index in [9.17, 15) is 13.2 Å². The highest BCUT2D eigenvalue weighted by Gasteiger charge is 2.39. The number of nitrogens with one attached hydrogen (secondary N) is 2. The van der Waals surface area contributed by atoms with Crippen LogP contribution in [0.1, 0.15) is 50.2 Å². The van der Waals surface area contributed by atoms with Crippen LogP contribution in [0.25, 0.3) is 0 Å². The van der Waals surface area contributed by atoms with Crippen molar-refractivity contribution in [3.05, 3.63) is 36.0 Å². The maximum absolute atomic E-state index is 12.8. The number of nitrogens with zero attached hydrogens (tertiary/aromatic N) is 3. The van der Waals surface area contributed by atoms with Crippen molar-refractivity contribution in [2.24, 2.45) is 0 Å². The number of benzene rings is 1. The van der Waals surface area contributed by atoms with Crippen LogP contribution in [0, 0.1) is 6.92 Å². The van der Waals surface area contributed by atoms with Gasteiger partial charge in [-0.2, -0.15) is 4.98 Å². The van der Waals surface area contributed by atoms with Crippen LogP contribution in [0.5, 0.6) is 0 Å². The Bertz CT molecular complexity index is 962. The third-order valence-electron chi connectivity index (χ3n) is 5.14. The standard InChI is InChI=1S/C19H27N5O4S/c1-14-20-17(23-28-14)19(11-6-4-5-7-12-19)22-18(25)21-15-9-8-10-16(13-15)29(26,27)24(2)3/h8-10,13H,4-7,11-12H2,1-3H3,(H2,21,22,25). The topological polar surface area (TPSA) is 117 Å². The molecule has 9 nitrogen and oxygen atoms in total. The molecule has 29 heavy (non-hydrogen) atoms. The van der Waals surface area contributed by atoms with E-state index in [0.29, 0.717) is 30.2 Å². The Kier molecular flexibility index (Phi) is 6.23.